The topological polar surface area (TPSA) is 57.6 Å². The van der Waals surface area contributed by atoms with Crippen LogP contribution in [-0.4, -0.2) is 55.2 Å². The fraction of sp³-hybridized carbons (Fsp3) is 1.00. The maximum Gasteiger partial charge on any atom is 0.154 e. The van der Waals surface area contributed by atoms with Gasteiger partial charge in [-0.15, -0.1) is 0 Å². The van der Waals surface area contributed by atoms with E-state index in [1.54, 1.807) is 0 Å². The summed E-state index contributed by atoms with van der Waals surface area (Å²) in [6.07, 6.45) is 1.55. The van der Waals surface area contributed by atoms with Crippen LogP contribution in [0.5, 0.6) is 0 Å². The molecule has 2 atom stereocenters. The number of hydrogen-bond acceptors (Lipinski definition) is 4. The minimum absolute atomic E-state index is 0.0519. The van der Waals surface area contributed by atoms with E-state index >= 15 is 0 Å². The lowest BCUT2D eigenvalue weighted by Crippen LogP contribution is -2.46. The van der Waals surface area contributed by atoms with Crippen LogP contribution >= 0.6 is 0 Å². The SMILES string of the molecule is CC1CCN([C@H]2CS(=O)(=O)C[C@H]2O)CC1. The maximum absolute atomic E-state index is 11.4. The van der Waals surface area contributed by atoms with E-state index in [-0.39, 0.29) is 17.5 Å². The largest absolute Gasteiger partial charge is 0.390 e. The number of aliphatic hydroxyl groups excluding tert-OH is 1. The summed E-state index contributed by atoms with van der Waals surface area (Å²) < 4.78 is 22.7. The zero-order valence-electron chi connectivity index (χ0n) is 9.09. The van der Waals surface area contributed by atoms with Gasteiger partial charge >= 0.3 is 0 Å². The van der Waals surface area contributed by atoms with E-state index in [2.05, 4.69) is 11.8 Å². The molecule has 0 aromatic heterocycles. The zero-order valence-corrected chi connectivity index (χ0v) is 9.91. The van der Waals surface area contributed by atoms with Gasteiger partial charge in [0, 0.05) is 0 Å². The molecule has 2 saturated heterocycles. The number of rotatable bonds is 1. The first kappa shape index (κ1) is 11.4. The molecule has 4 nitrogen and oxygen atoms in total. The highest BCUT2D eigenvalue weighted by Crippen LogP contribution is 2.24. The summed E-state index contributed by atoms with van der Waals surface area (Å²) in [6, 6.07) is -0.150. The van der Waals surface area contributed by atoms with E-state index in [1.165, 1.54) is 0 Å². The third kappa shape index (κ3) is 2.52. The van der Waals surface area contributed by atoms with Gasteiger partial charge < -0.3 is 5.11 Å². The van der Waals surface area contributed by atoms with Crippen LogP contribution < -0.4 is 0 Å². The molecule has 0 radical (unpaired) electrons. The zero-order chi connectivity index (χ0) is 11.1. The summed E-state index contributed by atoms with van der Waals surface area (Å²) >= 11 is 0. The van der Waals surface area contributed by atoms with E-state index in [9.17, 15) is 13.5 Å². The van der Waals surface area contributed by atoms with Gasteiger partial charge in [-0.2, -0.15) is 0 Å². The van der Waals surface area contributed by atoms with Crippen LogP contribution in [0, 0.1) is 5.92 Å². The van der Waals surface area contributed by atoms with Crippen molar-refractivity contribution in [1.82, 2.24) is 4.90 Å². The van der Waals surface area contributed by atoms with Crippen molar-refractivity contribution in [3.8, 4) is 0 Å². The Morgan fingerprint density at radius 3 is 2.27 bits per heavy atom. The highest BCUT2D eigenvalue weighted by Gasteiger charge is 2.40. The van der Waals surface area contributed by atoms with Gasteiger partial charge in [-0.05, 0) is 31.8 Å². The van der Waals surface area contributed by atoms with Gasteiger partial charge in [0.2, 0.25) is 0 Å². The normalized spacial score (nSPS) is 38.3. The summed E-state index contributed by atoms with van der Waals surface area (Å²) in [4.78, 5) is 2.15. The first-order valence-corrected chi connectivity index (χ1v) is 7.42. The van der Waals surface area contributed by atoms with Crippen LogP contribution in [0.2, 0.25) is 0 Å². The van der Waals surface area contributed by atoms with Crippen molar-refractivity contribution in [3.05, 3.63) is 0 Å². The van der Waals surface area contributed by atoms with Crippen molar-refractivity contribution in [3.63, 3.8) is 0 Å². The van der Waals surface area contributed by atoms with E-state index in [0.717, 1.165) is 31.8 Å². The summed E-state index contributed by atoms with van der Waals surface area (Å²) in [5.41, 5.74) is 0. The van der Waals surface area contributed by atoms with Crippen LogP contribution in [0.15, 0.2) is 0 Å². The summed E-state index contributed by atoms with van der Waals surface area (Å²) in [5, 5.41) is 9.72. The maximum atomic E-state index is 11.4. The Morgan fingerprint density at radius 2 is 1.80 bits per heavy atom. The quantitative estimate of drug-likeness (QED) is 0.686. The van der Waals surface area contributed by atoms with Crippen LogP contribution in [-0.2, 0) is 9.84 Å². The van der Waals surface area contributed by atoms with Gasteiger partial charge in [0.05, 0.1) is 23.7 Å². The third-order valence-electron chi connectivity index (χ3n) is 3.58. The molecular weight excluding hydrogens is 214 g/mol. The molecule has 0 aliphatic carbocycles. The minimum atomic E-state index is -3.00. The Labute approximate surface area is 91.2 Å². The summed E-state index contributed by atoms with van der Waals surface area (Å²) in [5.74, 6) is 0.822. The van der Waals surface area contributed by atoms with Crippen LogP contribution in [0.4, 0.5) is 0 Å². The number of sulfone groups is 1. The molecule has 0 unspecified atom stereocenters. The molecule has 1 N–H and O–H groups in total. The number of likely N-dealkylation sites (tertiary alicyclic amines) is 1. The predicted octanol–water partition coefficient (Wildman–Crippen LogP) is -0.124. The molecule has 15 heavy (non-hydrogen) atoms. The number of nitrogens with zero attached hydrogens (tertiary/aromatic N) is 1. The standard InChI is InChI=1S/C10H19NO3S/c1-8-2-4-11(5-3-8)9-6-15(13,14)7-10(9)12/h8-10,12H,2-7H2,1H3/t9-,10+/m0/s1. The van der Waals surface area contributed by atoms with Crippen molar-refractivity contribution >= 4 is 9.84 Å². The molecule has 2 aliphatic heterocycles. The first-order chi connectivity index (χ1) is 6.98. The molecule has 2 fully saturated rings. The Kier molecular flexibility index (Phi) is 3.05. The molecule has 0 amide bonds. The van der Waals surface area contributed by atoms with E-state index in [1.807, 2.05) is 0 Å². The second-order valence-corrected chi connectivity index (χ2v) is 7.08. The van der Waals surface area contributed by atoms with Gasteiger partial charge in [0.25, 0.3) is 0 Å². The molecule has 0 bridgehead atoms. The van der Waals surface area contributed by atoms with Crippen LogP contribution in [0.25, 0.3) is 0 Å². The van der Waals surface area contributed by atoms with Gasteiger partial charge in [0.15, 0.2) is 9.84 Å². The molecule has 0 aromatic rings. The molecular formula is C10H19NO3S. The van der Waals surface area contributed by atoms with Crippen molar-refractivity contribution in [1.29, 1.82) is 0 Å². The molecule has 0 aromatic carbocycles. The number of aliphatic hydroxyl groups is 1. The van der Waals surface area contributed by atoms with E-state index in [4.69, 9.17) is 0 Å². The van der Waals surface area contributed by atoms with E-state index < -0.39 is 15.9 Å². The number of hydrogen-bond donors (Lipinski definition) is 1. The van der Waals surface area contributed by atoms with Crippen molar-refractivity contribution in [2.45, 2.75) is 31.9 Å². The van der Waals surface area contributed by atoms with E-state index in [0.29, 0.717) is 0 Å². The second kappa shape index (κ2) is 4.03. The van der Waals surface area contributed by atoms with Gasteiger partial charge in [0.1, 0.15) is 0 Å². The fourth-order valence-electron chi connectivity index (χ4n) is 2.52. The number of piperidine rings is 1. The van der Waals surface area contributed by atoms with Gasteiger partial charge in [-0.3, -0.25) is 4.90 Å². The molecule has 0 saturated carbocycles. The van der Waals surface area contributed by atoms with Crippen molar-refractivity contribution < 1.29 is 13.5 Å². The lowest BCUT2D eigenvalue weighted by molar-refractivity contribution is 0.0609. The lowest BCUT2D eigenvalue weighted by Gasteiger charge is -2.35. The Morgan fingerprint density at radius 1 is 1.20 bits per heavy atom. The lowest BCUT2D eigenvalue weighted by atomic mass is 9.97. The third-order valence-corrected chi connectivity index (χ3v) is 5.28. The van der Waals surface area contributed by atoms with Crippen LogP contribution in [0.1, 0.15) is 19.8 Å². The van der Waals surface area contributed by atoms with Crippen LogP contribution in [0.3, 0.4) is 0 Å². The second-order valence-electron chi connectivity index (χ2n) is 4.93. The minimum Gasteiger partial charge on any atom is -0.390 e. The smallest absolute Gasteiger partial charge is 0.154 e. The summed E-state index contributed by atoms with van der Waals surface area (Å²) in [7, 11) is -3.00. The molecule has 2 rings (SSSR count). The fourth-order valence-corrected chi connectivity index (χ4v) is 4.35. The van der Waals surface area contributed by atoms with Crippen molar-refractivity contribution in [2.24, 2.45) is 5.92 Å². The average molecular weight is 233 g/mol. The first-order valence-electron chi connectivity index (χ1n) is 5.60. The highest BCUT2D eigenvalue weighted by molar-refractivity contribution is 7.91. The summed E-state index contributed by atoms with van der Waals surface area (Å²) in [6.45, 7) is 4.08. The van der Waals surface area contributed by atoms with Gasteiger partial charge in [-0.1, -0.05) is 6.92 Å². The molecule has 2 heterocycles. The van der Waals surface area contributed by atoms with Gasteiger partial charge in [-0.25, -0.2) is 8.42 Å². The Bertz CT molecular complexity index is 320. The molecule has 2 aliphatic rings. The molecule has 88 valence electrons. The monoisotopic (exact) mass is 233 g/mol. The molecule has 5 heteroatoms. The average Bonchev–Trinajstić information content (AvgIpc) is 2.41. The Hall–Kier alpha value is -0.130. The van der Waals surface area contributed by atoms with Crippen molar-refractivity contribution in [2.75, 3.05) is 24.6 Å². The Balaban J connectivity index is 2.00. The predicted molar refractivity (Wildman–Crippen MR) is 58.4 cm³/mol. The highest BCUT2D eigenvalue weighted by atomic mass is 32.2. The molecule has 0 spiro atoms.